The average Bonchev–Trinajstić information content (AvgIpc) is 2.62. The second kappa shape index (κ2) is 4.85. The molecule has 1 N–H and O–H groups in total. The van der Waals surface area contributed by atoms with Gasteiger partial charge >= 0.3 is 0 Å². The first-order chi connectivity index (χ1) is 8.42. The minimum atomic E-state index is -2.88. The van der Waals surface area contributed by atoms with Gasteiger partial charge in [-0.25, -0.2) is 13.4 Å². The topological polar surface area (TPSA) is 68.3 Å². The Hall–Kier alpha value is -1.14. The van der Waals surface area contributed by atoms with Crippen LogP contribution in [0.4, 0.5) is 0 Å². The third-order valence-electron chi connectivity index (χ3n) is 3.19. The second-order valence-electron chi connectivity index (χ2n) is 4.93. The maximum atomic E-state index is 11.5. The number of hydrogen-bond donors (Lipinski definition) is 1. The van der Waals surface area contributed by atoms with Crippen molar-refractivity contribution in [2.45, 2.75) is 25.4 Å². The van der Waals surface area contributed by atoms with Crippen molar-refractivity contribution in [3.63, 3.8) is 0 Å². The molecule has 0 amide bonds. The Morgan fingerprint density at radius 3 is 2.89 bits per heavy atom. The zero-order valence-electron chi connectivity index (χ0n) is 10.6. The van der Waals surface area contributed by atoms with Crippen LogP contribution in [-0.2, 0) is 16.4 Å². The van der Waals surface area contributed by atoms with Crippen molar-refractivity contribution in [1.29, 1.82) is 0 Å². The molecular weight excluding hydrogens is 252 g/mol. The maximum absolute atomic E-state index is 11.5. The summed E-state index contributed by atoms with van der Waals surface area (Å²) in [4.78, 5) is 4.29. The molecule has 2 rings (SSSR count). The molecule has 0 spiro atoms. The van der Waals surface area contributed by atoms with Gasteiger partial charge < -0.3 is 10.1 Å². The third kappa shape index (κ3) is 3.20. The first-order valence-corrected chi connectivity index (χ1v) is 7.70. The van der Waals surface area contributed by atoms with Gasteiger partial charge in [-0.2, -0.15) is 0 Å². The molecule has 5 nitrogen and oxygen atoms in total. The Morgan fingerprint density at radius 2 is 2.28 bits per heavy atom. The highest BCUT2D eigenvalue weighted by Crippen LogP contribution is 2.23. The van der Waals surface area contributed by atoms with Crippen LogP contribution < -0.4 is 10.1 Å². The number of sulfone groups is 1. The fourth-order valence-electron chi connectivity index (χ4n) is 2.12. The number of pyridine rings is 1. The first-order valence-electron chi connectivity index (χ1n) is 5.88. The van der Waals surface area contributed by atoms with Gasteiger partial charge in [-0.15, -0.1) is 0 Å². The SMILES string of the molecule is COc1cccc(CNC2(C)CCS(=O)(=O)C2)n1. The van der Waals surface area contributed by atoms with Gasteiger partial charge in [-0.05, 0) is 19.4 Å². The average molecular weight is 270 g/mol. The molecule has 1 aliphatic heterocycles. The van der Waals surface area contributed by atoms with E-state index in [9.17, 15) is 8.42 Å². The highest BCUT2D eigenvalue weighted by atomic mass is 32.2. The van der Waals surface area contributed by atoms with Gasteiger partial charge in [0, 0.05) is 18.2 Å². The van der Waals surface area contributed by atoms with Crippen molar-refractivity contribution in [2.75, 3.05) is 18.6 Å². The van der Waals surface area contributed by atoms with Crippen molar-refractivity contribution >= 4 is 9.84 Å². The largest absolute Gasteiger partial charge is 0.481 e. The lowest BCUT2D eigenvalue weighted by Crippen LogP contribution is -2.43. The molecule has 18 heavy (non-hydrogen) atoms. The highest BCUT2D eigenvalue weighted by molar-refractivity contribution is 7.91. The van der Waals surface area contributed by atoms with E-state index < -0.39 is 9.84 Å². The number of hydrogen-bond acceptors (Lipinski definition) is 5. The lowest BCUT2D eigenvalue weighted by molar-refractivity contribution is 0.381. The number of nitrogens with one attached hydrogen (secondary N) is 1. The molecule has 2 heterocycles. The minimum Gasteiger partial charge on any atom is -0.481 e. The van der Waals surface area contributed by atoms with Crippen LogP contribution in [0, 0.1) is 0 Å². The Labute approximate surface area is 107 Å². The van der Waals surface area contributed by atoms with E-state index >= 15 is 0 Å². The van der Waals surface area contributed by atoms with Crippen molar-refractivity contribution in [2.24, 2.45) is 0 Å². The van der Waals surface area contributed by atoms with E-state index in [2.05, 4.69) is 10.3 Å². The van der Waals surface area contributed by atoms with E-state index in [1.165, 1.54) is 0 Å². The van der Waals surface area contributed by atoms with Crippen LogP contribution in [0.1, 0.15) is 19.0 Å². The number of methoxy groups -OCH3 is 1. The number of nitrogens with zero attached hydrogens (tertiary/aromatic N) is 1. The molecule has 1 fully saturated rings. The van der Waals surface area contributed by atoms with Gasteiger partial charge in [0.2, 0.25) is 5.88 Å². The second-order valence-corrected chi connectivity index (χ2v) is 7.11. The number of aromatic nitrogens is 1. The summed E-state index contributed by atoms with van der Waals surface area (Å²) in [5.74, 6) is 1.03. The summed E-state index contributed by atoms with van der Waals surface area (Å²) in [6.07, 6.45) is 0.652. The first kappa shape index (κ1) is 13.3. The lowest BCUT2D eigenvalue weighted by atomic mass is 10.0. The quantitative estimate of drug-likeness (QED) is 0.874. The molecule has 1 aromatic heterocycles. The molecule has 0 bridgehead atoms. The molecule has 1 aromatic rings. The van der Waals surface area contributed by atoms with Crippen molar-refractivity contribution < 1.29 is 13.2 Å². The van der Waals surface area contributed by atoms with E-state index in [0.717, 1.165) is 5.69 Å². The zero-order valence-corrected chi connectivity index (χ0v) is 11.5. The molecule has 0 radical (unpaired) electrons. The van der Waals surface area contributed by atoms with Crippen molar-refractivity contribution in [3.8, 4) is 5.88 Å². The Bertz CT molecular complexity index is 530. The van der Waals surface area contributed by atoms with Crippen LogP contribution >= 0.6 is 0 Å². The van der Waals surface area contributed by atoms with Crippen LogP contribution in [0.15, 0.2) is 18.2 Å². The van der Waals surface area contributed by atoms with Crippen molar-refractivity contribution in [3.05, 3.63) is 23.9 Å². The molecular formula is C12H18N2O3S. The summed E-state index contributed by atoms with van der Waals surface area (Å²) in [6.45, 7) is 2.49. The fourth-order valence-corrected chi connectivity index (χ4v) is 4.25. The summed E-state index contributed by atoms with van der Waals surface area (Å²) in [6, 6.07) is 5.55. The zero-order chi connectivity index (χ0) is 13.2. The Morgan fingerprint density at radius 1 is 1.50 bits per heavy atom. The van der Waals surface area contributed by atoms with Crippen LogP contribution in [0.5, 0.6) is 5.88 Å². The Balaban J connectivity index is 1.99. The standard InChI is InChI=1S/C12H18N2O3S/c1-12(6-7-18(15,16)9-12)13-8-10-4-3-5-11(14-10)17-2/h3-5,13H,6-9H2,1-2H3. The summed E-state index contributed by atoms with van der Waals surface area (Å²) >= 11 is 0. The van der Waals surface area contributed by atoms with Gasteiger partial charge in [-0.1, -0.05) is 6.07 Å². The van der Waals surface area contributed by atoms with E-state index in [1.807, 2.05) is 19.1 Å². The number of rotatable bonds is 4. The van der Waals surface area contributed by atoms with Crippen LogP contribution in [0.25, 0.3) is 0 Å². The molecule has 0 aromatic carbocycles. The van der Waals surface area contributed by atoms with Gasteiger partial charge in [0.25, 0.3) is 0 Å². The lowest BCUT2D eigenvalue weighted by Gasteiger charge is -2.23. The van der Waals surface area contributed by atoms with Crippen LogP contribution in [0.3, 0.4) is 0 Å². The molecule has 0 aliphatic carbocycles. The van der Waals surface area contributed by atoms with Crippen molar-refractivity contribution in [1.82, 2.24) is 10.3 Å². The smallest absolute Gasteiger partial charge is 0.213 e. The van der Waals surface area contributed by atoms with E-state index in [4.69, 9.17) is 4.74 Å². The van der Waals surface area contributed by atoms with Gasteiger partial charge in [0.1, 0.15) is 0 Å². The molecule has 6 heteroatoms. The third-order valence-corrected chi connectivity index (χ3v) is 5.09. The monoisotopic (exact) mass is 270 g/mol. The summed E-state index contributed by atoms with van der Waals surface area (Å²) in [7, 11) is -1.30. The van der Waals surface area contributed by atoms with Crippen LogP contribution in [0.2, 0.25) is 0 Å². The van der Waals surface area contributed by atoms with E-state index in [0.29, 0.717) is 18.8 Å². The molecule has 1 aliphatic rings. The molecule has 1 saturated heterocycles. The van der Waals surface area contributed by atoms with E-state index in [1.54, 1.807) is 13.2 Å². The summed E-state index contributed by atoms with van der Waals surface area (Å²) < 4.78 is 28.0. The minimum absolute atomic E-state index is 0.198. The number of ether oxygens (including phenoxy) is 1. The maximum Gasteiger partial charge on any atom is 0.213 e. The summed E-state index contributed by atoms with van der Waals surface area (Å²) in [5, 5.41) is 3.28. The molecule has 1 atom stereocenters. The highest BCUT2D eigenvalue weighted by Gasteiger charge is 2.37. The summed E-state index contributed by atoms with van der Waals surface area (Å²) in [5.41, 5.74) is 0.503. The van der Waals surface area contributed by atoms with Gasteiger partial charge in [-0.3, -0.25) is 0 Å². The van der Waals surface area contributed by atoms with Gasteiger partial charge in [0.05, 0.1) is 24.3 Å². The molecule has 100 valence electrons. The molecule has 1 unspecified atom stereocenters. The predicted octanol–water partition coefficient (Wildman–Crippen LogP) is 0.757. The van der Waals surface area contributed by atoms with Crippen LogP contribution in [-0.4, -0.2) is 37.6 Å². The van der Waals surface area contributed by atoms with E-state index in [-0.39, 0.29) is 17.0 Å². The molecule has 0 saturated carbocycles. The predicted molar refractivity (Wildman–Crippen MR) is 69.3 cm³/mol. The van der Waals surface area contributed by atoms with Gasteiger partial charge in [0.15, 0.2) is 9.84 Å². The normalized spacial score (nSPS) is 26.1. The fraction of sp³-hybridized carbons (Fsp3) is 0.583. The Kier molecular flexibility index (Phi) is 3.59.